The van der Waals surface area contributed by atoms with Crippen LogP contribution in [0.15, 0.2) is 54.7 Å². The minimum Gasteiger partial charge on any atom is -0.326 e. The average Bonchev–Trinajstić information content (AvgIpc) is 3.07. The van der Waals surface area contributed by atoms with E-state index in [1.807, 2.05) is 0 Å². The summed E-state index contributed by atoms with van der Waals surface area (Å²) in [7, 11) is 0. The van der Waals surface area contributed by atoms with E-state index < -0.39 is 23.3 Å². The molecule has 150 valence electrons. The van der Waals surface area contributed by atoms with Crippen LogP contribution in [0.2, 0.25) is 5.02 Å². The van der Waals surface area contributed by atoms with Gasteiger partial charge in [0.05, 0.1) is 17.4 Å². The molecule has 1 heterocycles. The van der Waals surface area contributed by atoms with Crippen molar-refractivity contribution in [3.63, 3.8) is 0 Å². The van der Waals surface area contributed by atoms with Crippen LogP contribution in [-0.4, -0.2) is 21.6 Å². The highest BCUT2D eigenvalue weighted by Gasteiger charge is 2.40. The molecule has 0 saturated heterocycles. The van der Waals surface area contributed by atoms with Crippen molar-refractivity contribution >= 4 is 34.8 Å². The van der Waals surface area contributed by atoms with E-state index in [9.17, 15) is 22.8 Å². The molecule has 3 rings (SSSR count). The topological polar surface area (TPSA) is 76.0 Å². The van der Waals surface area contributed by atoms with Crippen LogP contribution in [0.5, 0.6) is 0 Å². The van der Waals surface area contributed by atoms with Gasteiger partial charge in [0.15, 0.2) is 5.69 Å². The highest BCUT2D eigenvalue weighted by atomic mass is 35.5. The number of nitrogens with one attached hydrogen (secondary N) is 2. The average molecular weight is 423 g/mol. The Balaban J connectivity index is 1.96. The van der Waals surface area contributed by atoms with Crippen molar-refractivity contribution in [2.24, 2.45) is 0 Å². The fourth-order valence-corrected chi connectivity index (χ4v) is 2.85. The number of anilines is 2. The monoisotopic (exact) mass is 422 g/mol. The lowest BCUT2D eigenvalue weighted by atomic mass is 10.2. The third-order valence-corrected chi connectivity index (χ3v) is 4.01. The highest BCUT2D eigenvalue weighted by molar-refractivity contribution is 6.30. The van der Waals surface area contributed by atoms with Gasteiger partial charge in [-0.05, 0) is 36.4 Å². The normalized spacial score (nSPS) is 11.2. The van der Waals surface area contributed by atoms with Crippen LogP contribution in [0.4, 0.5) is 24.5 Å². The van der Waals surface area contributed by atoms with E-state index >= 15 is 0 Å². The predicted molar refractivity (Wildman–Crippen MR) is 102 cm³/mol. The third kappa shape index (κ3) is 4.75. The standard InChI is InChI=1S/C19H14ClF3N4O2/c1-11(28)25-13-5-3-6-14(9-13)26-18(29)16-10-24-27(17(16)19(21,22)23)15-7-2-4-12(20)8-15/h2-10H,1H3,(H,25,28)(H,26,29). The minimum atomic E-state index is -4.84. The van der Waals surface area contributed by atoms with Crippen LogP contribution in [0.3, 0.4) is 0 Å². The van der Waals surface area contributed by atoms with Crippen molar-refractivity contribution in [3.8, 4) is 5.69 Å². The van der Waals surface area contributed by atoms with Gasteiger partial charge in [0.2, 0.25) is 5.91 Å². The lowest BCUT2D eigenvalue weighted by Gasteiger charge is -2.13. The van der Waals surface area contributed by atoms with Crippen molar-refractivity contribution < 1.29 is 22.8 Å². The summed E-state index contributed by atoms with van der Waals surface area (Å²) in [5, 5.41) is 8.88. The number of rotatable bonds is 4. The van der Waals surface area contributed by atoms with E-state index in [1.54, 1.807) is 12.1 Å². The second kappa shape index (κ2) is 7.96. The predicted octanol–water partition coefficient (Wildman–Crippen LogP) is 4.76. The summed E-state index contributed by atoms with van der Waals surface area (Å²) < 4.78 is 41.8. The Hall–Kier alpha value is -3.33. The molecule has 1 aromatic heterocycles. The molecule has 0 aliphatic carbocycles. The molecule has 2 amide bonds. The summed E-state index contributed by atoms with van der Waals surface area (Å²) in [5.41, 5.74) is -1.21. The second-order valence-corrected chi connectivity index (χ2v) is 6.45. The number of amides is 2. The fraction of sp³-hybridized carbons (Fsp3) is 0.105. The Bertz CT molecular complexity index is 1080. The van der Waals surface area contributed by atoms with Crippen molar-refractivity contribution in [2.75, 3.05) is 10.6 Å². The van der Waals surface area contributed by atoms with Gasteiger partial charge in [0, 0.05) is 23.3 Å². The summed E-state index contributed by atoms with van der Waals surface area (Å²) in [4.78, 5) is 23.7. The molecule has 2 aromatic carbocycles. The SMILES string of the molecule is CC(=O)Nc1cccc(NC(=O)c2cnn(-c3cccc(Cl)c3)c2C(F)(F)F)c1. The first-order valence-corrected chi connectivity index (χ1v) is 8.63. The van der Waals surface area contributed by atoms with Crippen LogP contribution in [-0.2, 0) is 11.0 Å². The van der Waals surface area contributed by atoms with Gasteiger partial charge in [0.25, 0.3) is 5.91 Å². The van der Waals surface area contributed by atoms with Gasteiger partial charge in [-0.25, -0.2) is 4.68 Å². The van der Waals surface area contributed by atoms with Gasteiger partial charge in [-0.1, -0.05) is 23.7 Å². The Morgan fingerprint density at radius 1 is 1.03 bits per heavy atom. The largest absolute Gasteiger partial charge is 0.434 e. The van der Waals surface area contributed by atoms with E-state index in [2.05, 4.69) is 15.7 Å². The zero-order valence-electron chi connectivity index (χ0n) is 14.9. The highest BCUT2D eigenvalue weighted by Crippen LogP contribution is 2.34. The number of benzene rings is 2. The molecule has 0 fully saturated rings. The smallest absolute Gasteiger partial charge is 0.326 e. The maximum Gasteiger partial charge on any atom is 0.434 e. The fourth-order valence-electron chi connectivity index (χ4n) is 2.67. The second-order valence-electron chi connectivity index (χ2n) is 6.01. The van der Waals surface area contributed by atoms with Crippen LogP contribution in [0.25, 0.3) is 5.69 Å². The van der Waals surface area contributed by atoms with Crippen LogP contribution < -0.4 is 10.6 Å². The van der Waals surface area contributed by atoms with Gasteiger partial charge in [-0.15, -0.1) is 0 Å². The molecule has 0 atom stereocenters. The molecule has 29 heavy (non-hydrogen) atoms. The molecule has 6 nitrogen and oxygen atoms in total. The summed E-state index contributed by atoms with van der Waals surface area (Å²) >= 11 is 5.86. The Labute approximate surface area is 168 Å². The van der Waals surface area contributed by atoms with Crippen molar-refractivity contribution in [3.05, 3.63) is 71.0 Å². The molecule has 0 aliphatic heterocycles. The molecule has 0 saturated carbocycles. The molecule has 2 N–H and O–H groups in total. The van der Waals surface area contributed by atoms with E-state index in [0.29, 0.717) is 10.4 Å². The number of aromatic nitrogens is 2. The first kappa shape index (κ1) is 20.4. The zero-order valence-corrected chi connectivity index (χ0v) is 15.7. The van der Waals surface area contributed by atoms with Gasteiger partial charge in [-0.3, -0.25) is 9.59 Å². The zero-order chi connectivity index (χ0) is 21.2. The molecule has 0 bridgehead atoms. The van der Waals surface area contributed by atoms with Gasteiger partial charge in [0.1, 0.15) is 0 Å². The summed E-state index contributed by atoms with van der Waals surface area (Å²) in [6.07, 6.45) is -4.00. The number of carbonyl (C=O) groups excluding carboxylic acids is 2. The number of carbonyl (C=O) groups is 2. The number of hydrogen-bond donors (Lipinski definition) is 2. The van der Waals surface area contributed by atoms with E-state index in [-0.39, 0.29) is 22.3 Å². The molecular formula is C19H14ClF3N4O2. The maximum absolute atomic E-state index is 13.7. The molecule has 0 spiro atoms. The van der Waals surface area contributed by atoms with Crippen LogP contribution in [0, 0.1) is 0 Å². The Kier molecular flexibility index (Phi) is 5.60. The van der Waals surface area contributed by atoms with Gasteiger partial charge >= 0.3 is 6.18 Å². The van der Waals surface area contributed by atoms with Gasteiger partial charge < -0.3 is 10.6 Å². The number of hydrogen-bond acceptors (Lipinski definition) is 3. The van der Waals surface area contributed by atoms with Crippen LogP contribution in [0.1, 0.15) is 23.0 Å². The Morgan fingerprint density at radius 3 is 2.31 bits per heavy atom. The first-order valence-electron chi connectivity index (χ1n) is 8.25. The molecule has 0 aliphatic rings. The Morgan fingerprint density at radius 2 is 1.69 bits per heavy atom. The first-order chi connectivity index (χ1) is 13.6. The third-order valence-electron chi connectivity index (χ3n) is 3.78. The van der Waals surface area contributed by atoms with Crippen LogP contribution >= 0.6 is 11.6 Å². The molecular weight excluding hydrogens is 409 g/mol. The molecule has 10 heteroatoms. The van der Waals surface area contributed by atoms with E-state index in [0.717, 1.165) is 6.20 Å². The lowest BCUT2D eigenvalue weighted by molar-refractivity contribution is -0.143. The van der Waals surface area contributed by atoms with E-state index in [1.165, 1.54) is 43.3 Å². The van der Waals surface area contributed by atoms with Gasteiger partial charge in [-0.2, -0.15) is 18.3 Å². The van der Waals surface area contributed by atoms with Crippen molar-refractivity contribution in [2.45, 2.75) is 13.1 Å². The molecule has 3 aromatic rings. The minimum absolute atomic E-state index is 0.0662. The number of alkyl halides is 3. The summed E-state index contributed by atoms with van der Waals surface area (Å²) in [5.74, 6) is -1.32. The molecule has 0 radical (unpaired) electrons. The summed E-state index contributed by atoms with van der Waals surface area (Å²) in [6.45, 7) is 1.31. The van der Waals surface area contributed by atoms with E-state index in [4.69, 9.17) is 11.6 Å². The molecule has 0 unspecified atom stereocenters. The number of nitrogens with zero attached hydrogens (tertiary/aromatic N) is 2. The van der Waals surface area contributed by atoms with Crippen molar-refractivity contribution in [1.29, 1.82) is 0 Å². The number of halogens is 4. The summed E-state index contributed by atoms with van der Waals surface area (Å²) in [6, 6.07) is 11.7. The lowest BCUT2D eigenvalue weighted by Crippen LogP contribution is -2.20. The maximum atomic E-state index is 13.7. The quantitative estimate of drug-likeness (QED) is 0.636. The van der Waals surface area contributed by atoms with Crippen molar-refractivity contribution in [1.82, 2.24) is 9.78 Å².